The van der Waals surface area contributed by atoms with Crippen LogP contribution in [0.4, 0.5) is 0 Å². The highest BCUT2D eigenvalue weighted by Gasteiger charge is 2.38. The van der Waals surface area contributed by atoms with E-state index in [4.69, 9.17) is 5.21 Å². The van der Waals surface area contributed by atoms with E-state index in [1.54, 1.807) is 5.48 Å². The van der Waals surface area contributed by atoms with Gasteiger partial charge in [0.1, 0.15) is 6.04 Å². The Hall–Kier alpha value is -1.67. The fourth-order valence-electron chi connectivity index (χ4n) is 4.32. The zero-order chi connectivity index (χ0) is 21.6. The fourth-order valence-corrected chi connectivity index (χ4v) is 4.32. The molecule has 1 aliphatic carbocycles. The summed E-state index contributed by atoms with van der Waals surface area (Å²) in [6, 6.07) is -0.651. The summed E-state index contributed by atoms with van der Waals surface area (Å²) in [6.07, 6.45) is 4.97. The third-order valence-corrected chi connectivity index (χ3v) is 6.23. The number of nitrogens with zero attached hydrogens (tertiary/aromatic N) is 2. The van der Waals surface area contributed by atoms with Crippen LogP contribution in [-0.2, 0) is 14.4 Å². The van der Waals surface area contributed by atoms with Gasteiger partial charge in [0.25, 0.3) is 0 Å². The lowest BCUT2D eigenvalue weighted by molar-refractivity contribution is -0.142. The first-order valence-electron chi connectivity index (χ1n) is 10.8. The molecule has 166 valence electrons. The van der Waals surface area contributed by atoms with Gasteiger partial charge in [0.2, 0.25) is 17.7 Å². The number of likely N-dealkylation sites (N-methyl/N-ethyl adjacent to an activating group) is 1. The maximum absolute atomic E-state index is 13.2. The van der Waals surface area contributed by atoms with Crippen LogP contribution in [-0.4, -0.2) is 72.0 Å². The van der Waals surface area contributed by atoms with Crippen molar-refractivity contribution in [1.29, 1.82) is 0 Å². The Kier molecular flexibility index (Phi) is 8.46. The molecule has 3 N–H and O–H groups in total. The minimum Gasteiger partial charge on any atom is -0.344 e. The summed E-state index contributed by atoms with van der Waals surface area (Å²) >= 11 is 0. The molecule has 0 spiro atoms. The number of nitrogens with one attached hydrogen (secondary N) is 2. The van der Waals surface area contributed by atoms with Crippen LogP contribution in [0.3, 0.4) is 0 Å². The highest BCUT2D eigenvalue weighted by atomic mass is 16.5. The molecule has 1 heterocycles. The van der Waals surface area contributed by atoms with E-state index in [9.17, 15) is 14.4 Å². The van der Waals surface area contributed by atoms with Crippen LogP contribution in [0.5, 0.6) is 0 Å². The van der Waals surface area contributed by atoms with Crippen LogP contribution in [0, 0.1) is 17.3 Å². The van der Waals surface area contributed by atoms with E-state index < -0.39 is 23.3 Å². The minimum atomic E-state index is -0.651. The van der Waals surface area contributed by atoms with Crippen molar-refractivity contribution >= 4 is 17.7 Å². The van der Waals surface area contributed by atoms with E-state index >= 15 is 0 Å². The fraction of sp³-hybridized carbons (Fsp3) is 0.857. The van der Waals surface area contributed by atoms with E-state index in [0.29, 0.717) is 25.4 Å². The smallest absolute Gasteiger partial charge is 0.245 e. The first-order valence-corrected chi connectivity index (χ1v) is 10.8. The predicted octanol–water partition coefficient (Wildman–Crippen LogP) is 1.38. The van der Waals surface area contributed by atoms with Gasteiger partial charge in [-0.1, -0.05) is 46.5 Å². The maximum atomic E-state index is 13.2. The number of piperazine rings is 1. The van der Waals surface area contributed by atoms with Gasteiger partial charge in [0.05, 0.1) is 0 Å². The quantitative estimate of drug-likeness (QED) is 0.435. The molecule has 0 aromatic heterocycles. The molecule has 29 heavy (non-hydrogen) atoms. The average molecular weight is 411 g/mol. The number of hydrogen-bond donors (Lipinski definition) is 3. The highest BCUT2D eigenvalue weighted by Crippen LogP contribution is 2.32. The molecule has 2 fully saturated rings. The number of hydroxylamine groups is 1. The lowest BCUT2D eigenvalue weighted by atomic mass is 9.84. The molecule has 0 aromatic rings. The largest absolute Gasteiger partial charge is 0.344 e. The molecule has 0 radical (unpaired) electrons. The molecule has 0 unspecified atom stereocenters. The lowest BCUT2D eigenvalue weighted by Gasteiger charge is -2.39. The van der Waals surface area contributed by atoms with Gasteiger partial charge in [-0.25, -0.2) is 5.48 Å². The number of rotatable bonds is 7. The number of carbonyl (C=O) groups excluding carboxylic acids is 3. The summed E-state index contributed by atoms with van der Waals surface area (Å²) in [6.45, 7) is 8.76. The summed E-state index contributed by atoms with van der Waals surface area (Å²) in [4.78, 5) is 42.1. The highest BCUT2D eigenvalue weighted by molar-refractivity contribution is 5.91. The van der Waals surface area contributed by atoms with Crippen LogP contribution in [0.2, 0.25) is 0 Å². The van der Waals surface area contributed by atoms with Crippen molar-refractivity contribution in [2.24, 2.45) is 17.3 Å². The van der Waals surface area contributed by atoms with Gasteiger partial charge in [0.15, 0.2) is 0 Å². The van der Waals surface area contributed by atoms with Crippen molar-refractivity contribution in [3.63, 3.8) is 0 Å². The molecular weight excluding hydrogens is 372 g/mol. The van der Waals surface area contributed by atoms with Crippen molar-refractivity contribution in [2.75, 3.05) is 33.2 Å². The number of carbonyl (C=O) groups is 3. The van der Waals surface area contributed by atoms with Crippen molar-refractivity contribution in [1.82, 2.24) is 20.6 Å². The Morgan fingerprint density at radius 1 is 1.07 bits per heavy atom. The molecule has 0 aromatic carbocycles. The molecule has 1 aliphatic heterocycles. The molecule has 0 bridgehead atoms. The third-order valence-electron chi connectivity index (χ3n) is 6.23. The minimum absolute atomic E-state index is 0.0647. The third kappa shape index (κ3) is 6.96. The predicted molar refractivity (Wildman–Crippen MR) is 110 cm³/mol. The van der Waals surface area contributed by atoms with Crippen LogP contribution in [0.15, 0.2) is 0 Å². The Labute approximate surface area is 174 Å². The standard InChI is InChI=1S/C21H38N4O4/c1-21(2,3)18(20(28)25-11-9-24(4)10-12-25)22-19(27)16(14-17(26)23-29)13-15-7-5-6-8-15/h15-16,18,29H,5-14H2,1-4H3,(H,22,27)(H,23,26)/t16-,18-/m1/s1. The Bertz CT molecular complexity index is 576. The van der Waals surface area contributed by atoms with Crippen LogP contribution >= 0.6 is 0 Å². The van der Waals surface area contributed by atoms with Crippen molar-refractivity contribution in [3.8, 4) is 0 Å². The topological polar surface area (TPSA) is 102 Å². The van der Waals surface area contributed by atoms with E-state index in [2.05, 4.69) is 10.2 Å². The molecule has 1 saturated carbocycles. The Morgan fingerprint density at radius 2 is 1.66 bits per heavy atom. The first kappa shape index (κ1) is 23.6. The van der Waals surface area contributed by atoms with Gasteiger partial charge < -0.3 is 15.1 Å². The van der Waals surface area contributed by atoms with Gasteiger partial charge in [-0.3, -0.25) is 19.6 Å². The SMILES string of the molecule is CN1CCN(C(=O)[C@@H](NC(=O)[C@@H](CC(=O)NO)CC2CCCC2)C(C)(C)C)CC1. The molecule has 8 heteroatoms. The summed E-state index contributed by atoms with van der Waals surface area (Å²) in [5.41, 5.74) is 1.19. The Balaban J connectivity index is 2.10. The van der Waals surface area contributed by atoms with E-state index in [-0.39, 0.29) is 18.2 Å². The molecule has 8 nitrogen and oxygen atoms in total. The van der Waals surface area contributed by atoms with Crippen molar-refractivity contribution in [3.05, 3.63) is 0 Å². The van der Waals surface area contributed by atoms with Gasteiger partial charge >= 0.3 is 0 Å². The molecule has 2 atom stereocenters. The second-order valence-corrected chi connectivity index (χ2v) is 9.76. The van der Waals surface area contributed by atoms with Crippen LogP contribution in [0.25, 0.3) is 0 Å². The summed E-state index contributed by atoms with van der Waals surface area (Å²) in [5, 5.41) is 11.9. The monoisotopic (exact) mass is 410 g/mol. The molecule has 1 saturated heterocycles. The lowest BCUT2D eigenvalue weighted by Crippen LogP contribution is -2.59. The molecule has 2 aliphatic rings. The Morgan fingerprint density at radius 3 is 2.17 bits per heavy atom. The van der Waals surface area contributed by atoms with Crippen molar-refractivity contribution in [2.45, 2.75) is 65.3 Å². The second kappa shape index (κ2) is 10.4. The summed E-state index contributed by atoms with van der Waals surface area (Å²) in [7, 11) is 2.03. The van der Waals surface area contributed by atoms with Crippen LogP contribution in [0.1, 0.15) is 59.3 Å². The molecular formula is C21H38N4O4. The van der Waals surface area contributed by atoms with E-state index in [1.807, 2.05) is 32.7 Å². The molecule has 3 amide bonds. The maximum Gasteiger partial charge on any atom is 0.245 e. The van der Waals surface area contributed by atoms with Gasteiger partial charge in [0, 0.05) is 38.5 Å². The van der Waals surface area contributed by atoms with E-state index in [0.717, 1.165) is 38.8 Å². The first-order chi connectivity index (χ1) is 13.6. The second-order valence-electron chi connectivity index (χ2n) is 9.76. The zero-order valence-electron chi connectivity index (χ0n) is 18.4. The van der Waals surface area contributed by atoms with Gasteiger partial charge in [-0.15, -0.1) is 0 Å². The molecule has 2 rings (SSSR count). The summed E-state index contributed by atoms with van der Waals surface area (Å²) < 4.78 is 0. The number of amides is 3. The zero-order valence-corrected chi connectivity index (χ0v) is 18.4. The van der Waals surface area contributed by atoms with E-state index in [1.165, 1.54) is 0 Å². The average Bonchev–Trinajstić information content (AvgIpc) is 3.17. The van der Waals surface area contributed by atoms with Crippen LogP contribution < -0.4 is 10.8 Å². The normalized spacial score (nSPS) is 20.9. The summed E-state index contributed by atoms with van der Waals surface area (Å²) in [5.74, 6) is -1.04. The van der Waals surface area contributed by atoms with Gasteiger partial charge in [-0.2, -0.15) is 0 Å². The number of hydrogen-bond acceptors (Lipinski definition) is 5. The van der Waals surface area contributed by atoms with Crippen molar-refractivity contribution < 1.29 is 19.6 Å². The van der Waals surface area contributed by atoms with Gasteiger partial charge in [-0.05, 0) is 24.8 Å².